The van der Waals surface area contributed by atoms with E-state index in [4.69, 9.17) is 9.47 Å². The largest absolute Gasteiger partial charge is 0.497 e. The molecule has 0 saturated carbocycles. The van der Waals surface area contributed by atoms with Crippen molar-refractivity contribution in [3.05, 3.63) is 36.0 Å². The maximum atomic E-state index is 12.2. The lowest BCUT2D eigenvalue weighted by atomic mass is 10.3. The molecule has 1 aliphatic heterocycles. The van der Waals surface area contributed by atoms with Crippen LogP contribution in [0.25, 0.3) is 0 Å². The number of hydrogen-bond acceptors (Lipinski definition) is 6. The number of anilines is 1. The van der Waals surface area contributed by atoms with Crippen molar-refractivity contribution in [3.63, 3.8) is 0 Å². The third-order valence-corrected chi connectivity index (χ3v) is 5.84. The number of methoxy groups -OCH3 is 1. The highest BCUT2D eigenvalue weighted by atomic mass is 32.2. The SMILES string of the molecule is COc1cccc(OCC(=O)Nc2cc(C)nn2[C@H]2CCS(=O)(=O)C2)c1. The first-order valence-electron chi connectivity index (χ1n) is 8.19. The van der Waals surface area contributed by atoms with Crippen LogP contribution in [0.4, 0.5) is 5.82 Å². The Morgan fingerprint density at radius 3 is 2.81 bits per heavy atom. The predicted octanol–water partition coefficient (Wildman–Crippen LogP) is 1.58. The Hall–Kier alpha value is -2.55. The molecule has 140 valence electrons. The average Bonchev–Trinajstić information content (AvgIpc) is 3.15. The van der Waals surface area contributed by atoms with Crippen LogP contribution in [-0.2, 0) is 14.6 Å². The summed E-state index contributed by atoms with van der Waals surface area (Å²) in [6.07, 6.45) is 0.493. The van der Waals surface area contributed by atoms with E-state index in [1.165, 1.54) is 0 Å². The molecule has 1 aliphatic rings. The number of carbonyl (C=O) groups is 1. The molecule has 2 aromatic rings. The second kappa shape index (κ2) is 7.36. The summed E-state index contributed by atoms with van der Waals surface area (Å²) in [5.74, 6) is 1.46. The first kappa shape index (κ1) is 18.2. The monoisotopic (exact) mass is 379 g/mol. The summed E-state index contributed by atoms with van der Waals surface area (Å²) < 4.78 is 35.6. The minimum atomic E-state index is -3.04. The summed E-state index contributed by atoms with van der Waals surface area (Å²) in [4.78, 5) is 12.2. The van der Waals surface area contributed by atoms with E-state index in [1.807, 2.05) is 0 Å². The highest BCUT2D eigenvalue weighted by Crippen LogP contribution is 2.27. The maximum Gasteiger partial charge on any atom is 0.263 e. The molecular formula is C17H21N3O5S. The summed E-state index contributed by atoms with van der Waals surface area (Å²) in [5.41, 5.74) is 0.707. The number of carbonyl (C=O) groups excluding carboxylic acids is 1. The minimum absolute atomic E-state index is 0.0390. The van der Waals surface area contributed by atoms with Crippen molar-refractivity contribution in [2.24, 2.45) is 0 Å². The number of hydrogen-bond donors (Lipinski definition) is 1. The van der Waals surface area contributed by atoms with Crippen molar-refractivity contribution in [3.8, 4) is 11.5 Å². The van der Waals surface area contributed by atoms with Crippen LogP contribution >= 0.6 is 0 Å². The van der Waals surface area contributed by atoms with Gasteiger partial charge in [0.25, 0.3) is 5.91 Å². The van der Waals surface area contributed by atoms with Gasteiger partial charge in [0.1, 0.15) is 17.3 Å². The van der Waals surface area contributed by atoms with E-state index in [2.05, 4.69) is 10.4 Å². The Bertz CT molecular complexity index is 907. The number of sulfone groups is 1. The van der Waals surface area contributed by atoms with Crippen LogP contribution in [0, 0.1) is 6.92 Å². The summed E-state index contributed by atoms with van der Waals surface area (Å²) in [6.45, 7) is 1.61. The number of nitrogens with zero attached hydrogens (tertiary/aromatic N) is 2. The molecule has 0 aliphatic carbocycles. The molecular weight excluding hydrogens is 358 g/mol. The Morgan fingerprint density at radius 1 is 1.35 bits per heavy atom. The smallest absolute Gasteiger partial charge is 0.263 e. The number of nitrogens with one attached hydrogen (secondary N) is 1. The molecule has 1 aromatic heterocycles. The van der Waals surface area contributed by atoms with Crippen molar-refractivity contribution in [2.75, 3.05) is 30.5 Å². The van der Waals surface area contributed by atoms with E-state index in [0.717, 1.165) is 0 Å². The Balaban J connectivity index is 1.64. The molecule has 26 heavy (non-hydrogen) atoms. The van der Waals surface area contributed by atoms with E-state index < -0.39 is 9.84 Å². The highest BCUT2D eigenvalue weighted by molar-refractivity contribution is 7.91. The van der Waals surface area contributed by atoms with E-state index in [1.54, 1.807) is 49.0 Å². The van der Waals surface area contributed by atoms with Crippen LogP contribution in [0.2, 0.25) is 0 Å². The van der Waals surface area contributed by atoms with Gasteiger partial charge in [-0.25, -0.2) is 13.1 Å². The van der Waals surface area contributed by atoms with Gasteiger partial charge < -0.3 is 14.8 Å². The third-order valence-electron chi connectivity index (χ3n) is 4.09. The van der Waals surface area contributed by atoms with E-state index in [-0.39, 0.29) is 30.1 Å². The molecule has 9 heteroatoms. The molecule has 1 amide bonds. The second-order valence-electron chi connectivity index (χ2n) is 6.19. The van der Waals surface area contributed by atoms with Crippen molar-refractivity contribution >= 4 is 21.6 Å². The van der Waals surface area contributed by atoms with Gasteiger partial charge in [-0.2, -0.15) is 5.10 Å². The van der Waals surface area contributed by atoms with Crippen molar-refractivity contribution in [2.45, 2.75) is 19.4 Å². The second-order valence-corrected chi connectivity index (χ2v) is 8.42. The van der Waals surface area contributed by atoms with Crippen LogP contribution in [0.15, 0.2) is 30.3 Å². The molecule has 1 saturated heterocycles. The van der Waals surface area contributed by atoms with Gasteiger partial charge in [-0.05, 0) is 25.5 Å². The lowest BCUT2D eigenvalue weighted by molar-refractivity contribution is -0.118. The van der Waals surface area contributed by atoms with Crippen molar-refractivity contribution in [1.82, 2.24) is 9.78 Å². The van der Waals surface area contributed by atoms with Crippen LogP contribution in [0.5, 0.6) is 11.5 Å². The van der Waals surface area contributed by atoms with Gasteiger partial charge in [0.15, 0.2) is 16.4 Å². The van der Waals surface area contributed by atoms with E-state index >= 15 is 0 Å². The molecule has 0 bridgehead atoms. The summed E-state index contributed by atoms with van der Waals surface area (Å²) in [7, 11) is -1.49. The Kier molecular flexibility index (Phi) is 5.17. The van der Waals surface area contributed by atoms with Gasteiger partial charge in [0, 0.05) is 12.1 Å². The lowest BCUT2D eigenvalue weighted by Crippen LogP contribution is -2.23. The van der Waals surface area contributed by atoms with Crippen LogP contribution in [0.1, 0.15) is 18.2 Å². The Labute approximate surface area is 152 Å². The number of ether oxygens (including phenoxy) is 2. The summed E-state index contributed by atoms with van der Waals surface area (Å²) >= 11 is 0. The summed E-state index contributed by atoms with van der Waals surface area (Å²) in [6, 6.07) is 8.42. The van der Waals surface area contributed by atoms with E-state index in [9.17, 15) is 13.2 Å². The summed E-state index contributed by atoms with van der Waals surface area (Å²) in [5, 5.41) is 7.08. The molecule has 1 fully saturated rings. The fraction of sp³-hybridized carbons (Fsp3) is 0.412. The zero-order valence-electron chi connectivity index (χ0n) is 14.6. The maximum absolute atomic E-state index is 12.2. The molecule has 1 atom stereocenters. The molecule has 0 radical (unpaired) electrons. The van der Waals surface area contributed by atoms with Crippen molar-refractivity contribution in [1.29, 1.82) is 0 Å². The van der Waals surface area contributed by atoms with Crippen LogP contribution in [0.3, 0.4) is 0 Å². The minimum Gasteiger partial charge on any atom is -0.497 e. The average molecular weight is 379 g/mol. The predicted molar refractivity (Wildman–Crippen MR) is 96.4 cm³/mol. The molecule has 1 aromatic carbocycles. The van der Waals surface area contributed by atoms with Gasteiger partial charge in [-0.1, -0.05) is 6.07 Å². The zero-order valence-corrected chi connectivity index (χ0v) is 15.5. The number of benzene rings is 1. The number of aryl methyl sites for hydroxylation is 1. The molecule has 2 heterocycles. The Morgan fingerprint density at radius 2 is 2.12 bits per heavy atom. The van der Waals surface area contributed by atoms with E-state index in [0.29, 0.717) is 29.4 Å². The molecule has 0 unspecified atom stereocenters. The number of aromatic nitrogens is 2. The zero-order chi connectivity index (χ0) is 18.7. The normalized spacial score (nSPS) is 18.5. The number of amides is 1. The van der Waals surface area contributed by atoms with Gasteiger partial charge in [0.2, 0.25) is 0 Å². The fourth-order valence-electron chi connectivity index (χ4n) is 2.88. The highest BCUT2D eigenvalue weighted by Gasteiger charge is 2.31. The quantitative estimate of drug-likeness (QED) is 0.818. The van der Waals surface area contributed by atoms with Gasteiger partial charge in [-0.15, -0.1) is 0 Å². The molecule has 1 N–H and O–H groups in total. The van der Waals surface area contributed by atoms with Gasteiger partial charge >= 0.3 is 0 Å². The van der Waals surface area contributed by atoms with Gasteiger partial charge in [-0.3, -0.25) is 4.79 Å². The molecule has 0 spiro atoms. The van der Waals surface area contributed by atoms with Gasteiger partial charge in [0.05, 0.1) is 30.4 Å². The first-order chi connectivity index (χ1) is 12.4. The molecule has 3 rings (SSSR count). The van der Waals surface area contributed by atoms with Crippen LogP contribution < -0.4 is 14.8 Å². The molecule has 8 nitrogen and oxygen atoms in total. The van der Waals surface area contributed by atoms with Crippen molar-refractivity contribution < 1.29 is 22.7 Å². The van der Waals surface area contributed by atoms with Crippen LogP contribution in [-0.4, -0.2) is 49.3 Å². The first-order valence-corrected chi connectivity index (χ1v) is 10.0. The third kappa shape index (κ3) is 4.34. The standard InChI is InChI=1S/C17H21N3O5S/c1-12-8-16(20(19-12)13-6-7-26(22,23)11-13)18-17(21)10-25-15-5-3-4-14(9-15)24-2/h3-5,8-9,13H,6-7,10-11H2,1-2H3,(H,18,21)/t13-/m0/s1. The number of rotatable bonds is 6. The lowest BCUT2D eigenvalue weighted by Gasteiger charge is -2.14. The fourth-order valence-corrected chi connectivity index (χ4v) is 4.57. The topological polar surface area (TPSA) is 99.5 Å².